The summed E-state index contributed by atoms with van der Waals surface area (Å²) in [6.45, 7) is 15.2. The molecule has 3 aromatic rings. The summed E-state index contributed by atoms with van der Waals surface area (Å²) in [6.07, 6.45) is 6.67. The highest BCUT2D eigenvalue weighted by atomic mass is 16.5. The zero-order chi connectivity index (χ0) is 32.4. The highest BCUT2D eigenvalue weighted by Gasteiger charge is 2.39. The van der Waals surface area contributed by atoms with E-state index in [-0.39, 0.29) is 35.9 Å². The van der Waals surface area contributed by atoms with Gasteiger partial charge < -0.3 is 30.7 Å². The fourth-order valence-electron chi connectivity index (χ4n) is 7.45. The molecule has 8 nitrogen and oxygen atoms in total. The highest BCUT2D eigenvalue weighted by Crippen LogP contribution is 2.44. The molecule has 0 bridgehead atoms. The molecule has 46 heavy (non-hydrogen) atoms. The fourth-order valence-corrected chi connectivity index (χ4v) is 7.45. The molecule has 4 N–H and O–H groups in total. The van der Waals surface area contributed by atoms with Crippen molar-refractivity contribution in [1.82, 2.24) is 15.2 Å². The van der Waals surface area contributed by atoms with Crippen molar-refractivity contribution in [3.63, 3.8) is 0 Å². The molecule has 2 aromatic carbocycles. The highest BCUT2D eigenvalue weighted by molar-refractivity contribution is 5.99. The van der Waals surface area contributed by atoms with Gasteiger partial charge in [0.2, 0.25) is 0 Å². The Balaban J connectivity index is 1.07. The van der Waals surface area contributed by atoms with Crippen molar-refractivity contribution in [2.75, 3.05) is 43.4 Å². The lowest BCUT2D eigenvalue weighted by Gasteiger charge is -2.38. The van der Waals surface area contributed by atoms with Crippen LogP contribution < -0.4 is 16.0 Å². The first-order chi connectivity index (χ1) is 22.1. The van der Waals surface area contributed by atoms with E-state index in [4.69, 9.17) is 10.5 Å². The Kier molecular flexibility index (Phi) is 9.50. The Labute approximate surface area is 273 Å². The van der Waals surface area contributed by atoms with Crippen LogP contribution in [0.5, 0.6) is 0 Å². The monoisotopic (exact) mass is 623 g/mol. The number of pyridine rings is 1. The summed E-state index contributed by atoms with van der Waals surface area (Å²) in [5, 5.41) is 12.5. The van der Waals surface area contributed by atoms with Crippen LogP contribution in [0, 0.1) is 0 Å². The number of aromatic nitrogens is 1. The van der Waals surface area contributed by atoms with E-state index in [2.05, 4.69) is 83.0 Å². The van der Waals surface area contributed by atoms with Crippen molar-refractivity contribution >= 4 is 23.0 Å². The number of rotatable bonds is 10. The third-order valence-electron chi connectivity index (χ3n) is 10.2. The largest absolute Gasteiger partial charge is 0.395 e. The number of hydrogen-bond acceptors (Lipinski definition) is 7. The van der Waals surface area contributed by atoms with E-state index in [0.717, 1.165) is 75.0 Å². The van der Waals surface area contributed by atoms with Gasteiger partial charge in [-0.3, -0.25) is 4.79 Å². The number of nitrogens with zero attached hydrogens (tertiary/aromatic N) is 3. The average molecular weight is 624 g/mol. The zero-order valence-corrected chi connectivity index (χ0v) is 27.6. The number of aliphatic hydroxyl groups is 1. The maximum absolute atomic E-state index is 13.1. The molecule has 0 unspecified atom stereocenters. The first-order valence-electron chi connectivity index (χ1n) is 16.8. The number of piperidine rings is 1. The lowest BCUT2D eigenvalue weighted by Crippen LogP contribution is -2.46. The molecule has 1 aromatic heterocycles. The number of nitrogens with two attached hydrogens (primary N) is 1. The first-order valence-corrected chi connectivity index (χ1v) is 16.8. The molecule has 244 valence electrons. The second-order valence-corrected chi connectivity index (χ2v) is 14.0. The predicted octanol–water partition coefficient (Wildman–Crippen LogP) is 5.79. The maximum atomic E-state index is 13.1. The van der Waals surface area contributed by atoms with Crippen LogP contribution in [0.1, 0.15) is 79.9 Å². The summed E-state index contributed by atoms with van der Waals surface area (Å²) in [6, 6.07) is 17.9. The number of nitrogens with one attached hydrogen (secondary N) is 1. The summed E-state index contributed by atoms with van der Waals surface area (Å²) in [5.74, 6) is -0.0000633. The van der Waals surface area contributed by atoms with E-state index in [9.17, 15) is 9.90 Å². The number of fused-ring (bicyclic) bond motifs is 1. The molecular weight excluding hydrogens is 574 g/mol. The molecule has 2 atom stereocenters. The number of nitrogen functional groups attached to an aromatic ring is 1. The topological polar surface area (TPSA) is 104 Å². The van der Waals surface area contributed by atoms with Crippen molar-refractivity contribution in [2.24, 2.45) is 0 Å². The van der Waals surface area contributed by atoms with Gasteiger partial charge >= 0.3 is 0 Å². The summed E-state index contributed by atoms with van der Waals surface area (Å²) < 4.78 is 6.36. The number of carbonyl (C=O) groups excluding carboxylic acids is 1. The smallest absolute Gasteiger partial charge is 0.255 e. The minimum atomic E-state index is -0.220. The number of likely N-dealkylation sites (tertiary alicyclic amines) is 1. The number of allylic oxidation sites excluding steroid dienone is 1. The molecule has 1 saturated carbocycles. The summed E-state index contributed by atoms with van der Waals surface area (Å²) in [4.78, 5) is 22.3. The molecule has 2 aliphatic heterocycles. The number of aliphatic hydroxyl groups excluding tert-OH is 1. The summed E-state index contributed by atoms with van der Waals surface area (Å²) in [7, 11) is 0. The van der Waals surface area contributed by atoms with E-state index >= 15 is 0 Å². The van der Waals surface area contributed by atoms with Gasteiger partial charge in [-0.25, -0.2) is 4.98 Å². The fraction of sp³-hybridized carbons (Fsp3) is 0.474. The number of carbonyl (C=O) groups is 1. The summed E-state index contributed by atoms with van der Waals surface area (Å²) >= 11 is 0. The van der Waals surface area contributed by atoms with Crippen molar-refractivity contribution < 1.29 is 14.6 Å². The molecule has 2 fully saturated rings. The molecule has 0 spiro atoms. The normalized spacial score (nSPS) is 21.3. The maximum Gasteiger partial charge on any atom is 0.255 e. The standard InChI is InChI=1S/C38H49N5O3/c1-25(2)29-20-31(36(39)40-22-29)37(45)41-33-6-5-7-35(33)46-23-26-8-10-27(11-9-26)28-12-13-34-32(21-28)38(3,4)24-43(34)30-14-16-42(17-15-30)18-19-44/h8-13,20-22,30,33,35,44H,1,5-7,14-19,23-24H2,2-4H3,(H2,39,40)(H,41,45)/t33-,35-/m0/s1. The minimum Gasteiger partial charge on any atom is -0.395 e. The molecule has 3 heterocycles. The van der Waals surface area contributed by atoms with Gasteiger partial charge in [-0.15, -0.1) is 0 Å². The van der Waals surface area contributed by atoms with Gasteiger partial charge in [0.25, 0.3) is 5.91 Å². The number of benzene rings is 2. The van der Waals surface area contributed by atoms with Gasteiger partial charge in [-0.2, -0.15) is 0 Å². The van der Waals surface area contributed by atoms with Gasteiger partial charge in [0.15, 0.2) is 0 Å². The first kappa shape index (κ1) is 32.2. The third kappa shape index (κ3) is 6.85. The minimum absolute atomic E-state index is 0.0501. The molecule has 1 saturated heterocycles. The second kappa shape index (κ2) is 13.6. The lowest BCUT2D eigenvalue weighted by molar-refractivity contribution is 0.0272. The van der Waals surface area contributed by atoms with Crippen molar-refractivity contribution in [1.29, 1.82) is 0 Å². The van der Waals surface area contributed by atoms with Gasteiger partial charge in [-0.05, 0) is 90.6 Å². The van der Waals surface area contributed by atoms with E-state index < -0.39 is 0 Å². The van der Waals surface area contributed by atoms with E-state index in [0.29, 0.717) is 18.2 Å². The quantitative estimate of drug-likeness (QED) is 0.263. The van der Waals surface area contributed by atoms with Crippen LogP contribution in [0.4, 0.5) is 11.5 Å². The number of anilines is 2. The summed E-state index contributed by atoms with van der Waals surface area (Å²) in [5.41, 5.74) is 14.5. The Bertz CT molecular complexity index is 1560. The Hall–Kier alpha value is -3.72. The van der Waals surface area contributed by atoms with Gasteiger partial charge in [0.1, 0.15) is 5.82 Å². The Morgan fingerprint density at radius 1 is 1.09 bits per heavy atom. The van der Waals surface area contributed by atoms with Crippen LogP contribution in [0.3, 0.4) is 0 Å². The van der Waals surface area contributed by atoms with Crippen LogP contribution >= 0.6 is 0 Å². The SMILES string of the molecule is C=C(C)c1cnc(N)c(C(=O)N[C@H]2CCC[C@@H]2OCc2ccc(-c3ccc4c(c3)C(C)(C)CN4C3CCN(CCO)CC3)cc2)c1. The van der Waals surface area contributed by atoms with Crippen LogP contribution in [0.25, 0.3) is 16.7 Å². The van der Waals surface area contributed by atoms with Gasteiger partial charge in [0, 0.05) is 49.5 Å². The number of ether oxygens (including phenoxy) is 1. The number of amides is 1. The van der Waals surface area contributed by atoms with E-state index in [1.54, 1.807) is 12.3 Å². The van der Waals surface area contributed by atoms with Crippen LogP contribution in [0.2, 0.25) is 0 Å². The van der Waals surface area contributed by atoms with Crippen molar-refractivity contribution in [3.05, 3.63) is 83.6 Å². The zero-order valence-electron chi connectivity index (χ0n) is 27.6. The van der Waals surface area contributed by atoms with Crippen LogP contribution in [-0.2, 0) is 16.8 Å². The molecule has 8 heteroatoms. The van der Waals surface area contributed by atoms with E-state index in [1.807, 2.05) is 6.92 Å². The molecule has 3 aliphatic rings. The molecule has 6 rings (SSSR count). The number of hydrogen-bond donors (Lipinski definition) is 3. The average Bonchev–Trinajstić information content (AvgIpc) is 3.61. The van der Waals surface area contributed by atoms with Crippen LogP contribution in [0.15, 0.2) is 61.3 Å². The second-order valence-electron chi connectivity index (χ2n) is 14.0. The predicted molar refractivity (Wildman–Crippen MR) is 186 cm³/mol. The molecule has 1 amide bonds. The molecule has 0 radical (unpaired) electrons. The molecule has 1 aliphatic carbocycles. The van der Waals surface area contributed by atoms with E-state index in [1.165, 1.54) is 22.4 Å². The Morgan fingerprint density at radius 3 is 2.54 bits per heavy atom. The third-order valence-corrected chi connectivity index (χ3v) is 10.2. The van der Waals surface area contributed by atoms with Gasteiger partial charge in [-0.1, -0.05) is 50.8 Å². The van der Waals surface area contributed by atoms with Crippen LogP contribution in [-0.4, -0.2) is 71.9 Å². The Morgan fingerprint density at radius 2 is 1.83 bits per heavy atom. The lowest BCUT2D eigenvalue weighted by atomic mass is 9.85. The van der Waals surface area contributed by atoms with Crippen molar-refractivity contribution in [2.45, 2.75) is 83.1 Å². The number of β-amino-alcohol motifs (C(OH)–C–C–N with tert-alkyl or cyclic N) is 1. The van der Waals surface area contributed by atoms with Crippen molar-refractivity contribution in [3.8, 4) is 11.1 Å². The molecular formula is C38H49N5O3. The van der Waals surface area contributed by atoms with Gasteiger partial charge in [0.05, 0.1) is 30.9 Å².